The van der Waals surface area contributed by atoms with E-state index >= 15 is 0 Å². The van der Waals surface area contributed by atoms with Crippen molar-refractivity contribution in [1.82, 2.24) is 19.2 Å². The van der Waals surface area contributed by atoms with Gasteiger partial charge in [0.05, 0.1) is 22.5 Å². The van der Waals surface area contributed by atoms with Crippen LogP contribution in [-0.4, -0.2) is 63.5 Å². The van der Waals surface area contributed by atoms with E-state index in [1.54, 1.807) is 6.20 Å². The van der Waals surface area contributed by atoms with Crippen LogP contribution < -0.4 is 9.62 Å². The van der Waals surface area contributed by atoms with E-state index in [1.807, 2.05) is 42.0 Å². The molecule has 3 aromatic rings. The Hall–Kier alpha value is -3.22. The third kappa shape index (κ3) is 5.64. The van der Waals surface area contributed by atoms with Crippen molar-refractivity contribution in [2.24, 2.45) is 0 Å². The maximum Gasteiger partial charge on any atom is 0.242 e. The van der Waals surface area contributed by atoms with Gasteiger partial charge in [-0.05, 0) is 42.8 Å². The van der Waals surface area contributed by atoms with E-state index < -0.39 is 32.5 Å². The van der Waals surface area contributed by atoms with Crippen LogP contribution in [0.5, 0.6) is 0 Å². The summed E-state index contributed by atoms with van der Waals surface area (Å²) in [5.41, 5.74) is 1.88. The molecule has 1 N–H and O–H groups in total. The molecule has 3 rings (SSSR count). The molecule has 1 heterocycles. The first-order valence-corrected chi connectivity index (χ1v) is 13.6. The first kappa shape index (κ1) is 25.4. The maximum absolute atomic E-state index is 12.7. The SMILES string of the molecule is Cc1nccn1-c1ccccc1CNC(=O)CN(c1ccc(S(=O)(=O)N(C)C)cc1)S(C)(=O)=O. The number of para-hydroxylation sites is 1. The van der Waals surface area contributed by atoms with Crippen molar-refractivity contribution < 1.29 is 21.6 Å². The van der Waals surface area contributed by atoms with Crippen LogP contribution in [0.2, 0.25) is 0 Å². The molecule has 2 aromatic carbocycles. The molecule has 1 amide bonds. The Balaban J connectivity index is 1.77. The Labute approximate surface area is 199 Å². The van der Waals surface area contributed by atoms with E-state index in [2.05, 4.69) is 10.3 Å². The number of hydrogen-bond donors (Lipinski definition) is 1. The Morgan fingerprint density at radius 2 is 1.68 bits per heavy atom. The molecule has 0 spiro atoms. The maximum atomic E-state index is 12.7. The Kier molecular flexibility index (Phi) is 7.44. The van der Waals surface area contributed by atoms with Crippen molar-refractivity contribution >= 4 is 31.6 Å². The highest BCUT2D eigenvalue weighted by Crippen LogP contribution is 2.22. The van der Waals surface area contributed by atoms with E-state index in [0.717, 1.165) is 31.9 Å². The average Bonchev–Trinajstić information content (AvgIpc) is 3.21. The minimum atomic E-state index is -3.81. The van der Waals surface area contributed by atoms with Crippen molar-refractivity contribution in [1.29, 1.82) is 0 Å². The molecule has 182 valence electrons. The second kappa shape index (κ2) is 9.95. The molecule has 0 fully saturated rings. The summed E-state index contributed by atoms with van der Waals surface area (Å²) in [6.45, 7) is 1.60. The van der Waals surface area contributed by atoms with Gasteiger partial charge in [-0.15, -0.1) is 0 Å². The van der Waals surface area contributed by atoms with Gasteiger partial charge in [0, 0.05) is 33.0 Å². The summed E-state index contributed by atoms with van der Waals surface area (Å²) in [5.74, 6) is 0.286. The van der Waals surface area contributed by atoms with Crippen molar-refractivity contribution in [3.8, 4) is 5.69 Å². The van der Waals surface area contributed by atoms with Crippen LogP contribution >= 0.6 is 0 Å². The van der Waals surface area contributed by atoms with Crippen LogP contribution in [0, 0.1) is 6.92 Å². The summed E-state index contributed by atoms with van der Waals surface area (Å²) in [6.07, 6.45) is 4.49. The Morgan fingerprint density at radius 1 is 1.03 bits per heavy atom. The number of aromatic nitrogens is 2. The number of nitrogens with zero attached hydrogens (tertiary/aromatic N) is 4. The van der Waals surface area contributed by atoms with E-state index in [0.29, 0.717) is 0 Å². The van der Waals surface area contributed by atoms with Gasteiger partial charge in [0.1, 0.15) is 12.4 Å². The number of anilines is 1. The van der Waals surface area contributed by atoms with Gasteiger partial charge in [-0.3, -0.25) is 9.10 Å². The van der Waals surface area contributed by atoms with Gasteiger partial charge in [0.2, 0.25) is 26.0 Å². The topological polar surface area (TPSA) is 122 Å². The molecular weight excluding hydrogens is 478 g/mol. The molecule has 0 saturated carbocycles. The van der Waals surface area contributed by atoms with Crippen molar-refractivity contribution in [2.75, 3.05) is 31.2 Å². The van der Waals surface area contributed by atoms with E-state index in [1.165, 1.54) is 38.4 Å². The first-order valence-electron chi connectivity index (χ1n) is 10.3. The third-order valence-electron chi connectivity index (χ3n) is 5.14. The standard InChI is InChI=1S/C22H27N5O5S2/c1-17-23-13-14-26(17)21-8-6-5-7-18(21)15-24-22(28)16-27(33(4,29)30)19-9-11-20(12-10-19)34(31,32)25(2)3/h5-14H,15-16H2,1-4H3,(H,24,28). The second-order valence-electron chi connectivity index (χ2n) is 7.80. The molecule has 0 atom stereocenters. The van der Waals surface area contributed by atoms with Gasteiger partial charge < -0.3 is 9.88 Å². The van der Waals surface area contributed by atoms with E-state index in [9.17, 15) is 21.6 Å². The molecule has 1 aromatic heterocycles. The number of sulfonamides is 2. The molecule has 0 unspecified atom stereocenters. The molecule has 0 aliphatic rings. The highest BCUT2D eigenvalue weighted by Gasteiger charge is 2.23. The van der Waals surface area contributed by atoms with Crippen LogP contribution in [-0.2, 0) is 31.4 Å². The van der Waals surface area contributed by atoms with E-state index in [4.69, 9.17) is 0 Å². The molecule has 0 saturated heterocycles. The van der Waals surface area contributed by atoms with Gasteiger partial charge in [0.25, 0.3) is 0 Å². The fourth-order valence-corrected chi connectivity index (χ4v) is 5.06. The number of aryl methyl sites for hydroxylation is 1. The number of carbonyl (C=O) groups excluding carboxylic acids is 1. The molecule has 0 radical (unpaired) electrons. The zero-order chi connectivity index (χ0) is 25.1. The monoisotopic (exact) mass is 505 g/mol. The molecule has 10 nitrogen and oxygen atoms in total. The molecule has 34 heavy (non-hydrogen) atoms. The lowest BCUT2D eigenvalue weighted by atomic mass is 10.1. The Morgan fingerprint density at radius 3 is 2.24 bits per heavy atom. The number of amides is 1. The highest BCUT2D eigenvalue weighted by molar-refractivity contribution is 7.92. The molecule has 0 aliphatic heterocycles. The van der Waals surface area contributed by atoms with Crippen LogP contribution in [0.15, 0.2) is 65.8 Å². The molecule has 12 heteroatoms. The smallest absolute Gasteiger partial charge is 0.242 e. The van der Waals surface area contributed by atoms with Crippen LogP contribution in [0.4, 0.5) is 5.69 Å². The molecule has 0 aliphatic carbocycles. The number of hydrogen-bond acceptors (Lipinski definition) is 6. The summed E-state index contributed by atoms with van der Waals surface area (Å²) in [7, 11) is -4.66. The number of nitrogens with one attached hydrogen (secondary N) is 1. The van der Waals surface area contributed by atoms with Crippen molar-refractivity contribution in [3.63, 3.8) is 0 Å². The van der Waals surface area contributed by atoms with Crippen LogP contribution in [0.3, 0.4) is 0 Å². The highest BCUT2D eigenvalue weighted by atomic mass is 32.2. The number of carbonyl (C=O) groups is 1. The second-order valence-corrected chi connectivity index (χ2v) is 11.9. The van der Waals surface area contributed by atoms with Gasteiger partial charge >= 0.3 is 0 Å². The number of rotatable bonds is 9. The summed E-state index contributed by atoms with van der Waals surface area (Å²) in [6, 6.07) is 12.9. The fourth-order valence-electron chi connectivity index (χ4n) is 3.30. The first-order chi connectivity index (χ1) is 15.9. The lowest BCUT2D eigenvalue weighted by Crippen LogP contribution is -2.40. The lowest BCUT2D eigenvalue weighted by molar-refractivity contribution is -0.119. The predicted molar refractivity (Wildman–Crippen MR) is 130 cm³/mol. The molecular formula is C22H27N5O5S2. The van der Waals surface area contributed by atoms with Crippen molar-refractivity contribution in [3.05, 3.63) is 72.3 Å². The van der Waals surface area contributed by atoms with Gasteiger partial charge in [-0.25, -0.2) is 26.1 Å². The van der Waals surface area contributed by atoms with Gasteiger partial charge in [-0.2, -0.15) is 0 Å². The lowest BCUT2D eigenvalue weighted by Gasteiger charge is -2.22. The van der Waals surface area contributed by atoms with Crippen molar-refractivity contribution in [2.45, 2.75) is 18.4 Å². The van der Waals surface area contributed by atoms with Gasteiger partial charge in [0.15, 0.2) is 0 Å². The summed E-state index contributed by atoms with van der Waals surface area (Å²) in [4.78, 5) is 16.9. The minimum Gasteiger partial charge on any atom is -0.350 e. The fraction of sp³-hybridized carbons (Fsp3) is 0.273. The predicted octanol–water partition coefficient (Wildman–Crippen LogP) is 1.51. The zero-order valence-corrected chi connectivity index (χ0v) is 21.0. The largest absolute Gasteiger partial charge is 0.350 e. The average molecular weight is 506 g/mol. The molecule has 0 bridgehead atoms. The number of benzene rings is 2. The third-order valence-corrected chi connectivity index (χ3v) is 8.11. The quantitative estimate of drug-likeness (QED) is 0.471. The van der Waals surface area contributed by atoms with Crippen LogP contribution in [0.25, 0.3) is 5.69 Å². The number of imidazole rings is 1. The minimum absolute atomic E-state index is 0.0190. The summed E-state index contributed by atoms with van der Waals surface area (Å²) >= 11 is 0. The van der Waals surface area contributed by atoms with Gasteiger partial charge in [-0.1, -0.05) is 18.2 Å². The normalized spacial score (nSPS) is 12.0. The zero-order valence-electron chi connectivity index (χ0n) is 19.3. The summed E-state index contributed by atoms with van der Waals surface area (Å²) < 4.78 is 53.2. The van der Waals surface area contributed by atoms with Crippen LogP contribution in [0.1, 0.15) is 11.4 Å². The Bertz CT molecular complexity index is 1380. The summed E-state index contributed by atoms with van der Waals surface area (Å²) in [5, 5.41) is 2.76. The van der Waals surface area contributed by atoms with E-state index in [-0.39, 0.29) is 17.1 Å².